The van der Waals surface area contributed by atoms with Gasteiger partial charge in [-0.1, -0.05) is 48.0 Å². The number of fused-ring (bicyclic) bond motifs is 1. The average Bonchev–Trinajstić information content (AvgIpc) is 3.29. The third-order valence-electron chi connectivity index (χ3n) is 6.06. The highest BCUT2D eigenvalue weighted by atomic mass is 35.5. The molecule has 4 aromatic rings. The maximum absolute atomic E-state index is 13.3. The summed E-state index contributed by atoms with van der Waals surface area (Å²) in [4.78, 5) is 35.3. The van der Waals surface area contributed by atoms with E-state index in [9.17, 15) is 14.0 Å². The molecule has 6 nitrogen and oxygen atoms in total. The molecule has 5 rings (SSSR count). The van der Waals surface area contributed by atoms with Gasteiger partial charge < -0.3 is 10.2 Å². The number of aromatic amines is 1. The molecular formula is C25H22ClFN4O2S. The third kappa shape index (κ3) is 4.56. The van der Waals surface area contributed by atoms with Gasteiger partial charge in [0.15, 0.2) is 0 Å². The first-order valence-corrected chi connectivity index (χ1v) is 12.3. The van der Waals surface area contributed by atoms with Gasteiger partial charge in [-0.15, -0.1) is 11.3 Å². The van der Waals surface area contributed by atoms with Gasteiger partial charge in [-0.2, -0.15) is 0 Å². The van der Waals surface area contributed by atoms with Crippen molar-refractivity contribution in [2.24, 2.45) is 5.92 Å². The normalized spacial score (nSPS) is 16.1. The van der Waals surface area contributed by atoms with Crippen molar-refractivity contribution in [3.05, 3.63) is 80.7 Å². The van der Waals surface area contributed by atoms with Crippen LogP contribution in [0.25, 0.3) is 21.3 Å². The van der Waals surface area contributed by atoms with E-state index in [0.29, 0.717) is 34.8 Å². The van der Waals surface area contributed by atoms with Gasteiger partial charge in [0.1, 0.15) is 10.5 Å². The molecule has 1 unspecified atom stereocenters. The van der Waals surface area contributed by atoms with E-state index in [4.69, 9.17) is 16.6 Å². The average molecular weight is 497 g/mol. The molecule has 1 amide bonds. The molecule has 9 heteroatoms. The molecule has 3 heterocycles. The SMILES string of the molecule is O=C(NCc1ccc(F)cc1Cl)C1CCCN(c2nc3c(-c4ccccc4)csc3c(=O)[nH]2)C1. The number of anilines is 1. The largest absolute Gasteiger partial charge is 0.352 e. The summed E-state index contributed by atoms with van der Waals surface area (Å²) in [6, 6.07) is 14.0. The lowest BCUT2D eigenvalue weighted by Gasteiger charge is -2.32. The van der Waals surface area contributed by atoms with Crippen LogP contribution in [0.3, 0.4) is 0 Å². The lowest BCUT2D eigenvalue weighted by atomic mass is 9.97. The van der Waals surface area contributed by atoms with Crippen LogP contribution in [0.5, 0.6) is 0 Å². The van der Waals surface area contributed by atoms with Crippen molar-refractivity contribution in [3.8, 4) is 11.1 Å². The van der Waals surface area contributed by atoms with E-state index in [1.807, 2.05) is 40.6 Å². The van der Waals surface area contributed by atoms with Gasteiger partial charge in [-0.25, -0.2) is 9.37 Å². The van der Waals surface area contributed by atoms with Crippen molar-refractivity contribution in [2.45, 2.75) is 19.4 Å². The van der Waals surface area contributed by atoms with E-state index in [1.54, 1.807) is 6.07 Å². The van der Waals surface area contributed by atoms with E-state index in [0.717, 1.165) is 24.0 Å². The zero-order valence-electron chi connectivity index (χ0n) is 18.2. The molecule has 1 aliphatic rings. The Hall–Kier alpha value is -3.23. The summed E-state index contributed by atoms with van der Waals surface area (Å²) < 4.78 is 13.8. The highest BCUT2D eigenvalue weighted by Gasteiger charge is 2.27. The monoisotopic (exact) mass is 496 g/mol. The Labute approximate surface area is 204 Å². The summed E-state index contributed by atoms with van der Waals surface area (Å²) in [5, 5.41) is 5.15. The molecule has 1 aliphatic heterocycles. The molecule has 2 aromatic carbocycles. The van der Waals surface area contributed by atoms with E-state index in [2.05, 4.69) is 10.3 Å². The first-order valence-electron chi connectivity index (χ1n) is 11.0. The van der Waals surface area contributed by atoms with Crippen LogP contribution in [0.1, 0.15) is 18.4 Å². The Kier molecular flexibility index (Phi) is 6.34. The second-order valence-corrected chi connectivity index (χ2v) is 9.61. The summed E-state index contributed by atoms with van der Waals surface area (Å²) in [5.41, 5.74) is 3.09. The second-order valence-electron chi connectivity index (χ2n) is 8.32. The highest BCUT2D eigenvalue weighted by Crippen LogP contribution is 2.32. The molecule has 0 bridgehead atoms. The van der Waals surface area contributed by atoms with E-state index in [1.165, 1.54) is 23.5 Å². The molecule has 0 radical (unpaired) electrons. The number of carbonyl (C=O) groups excluding carboxylic acids is 1. The lowest BCUT2D eigenvalue weighted by Crippen LogP contribution is -2.44. The number of nitrogens with zero attached hydrogens (tertiary/aromatic N) is 2. The van der Waals surface area contributed by atoms with E-state index >= 15 is 0 Å². The molecular weight excluding hydrogens is 475 g/mol. The number of carbonyl (C=O) groups is 1. The fraction of sp³-hybridized carbons (Fsp3) is 0.240. The van der Waals surface area contributed by atoms with Gasteiger partial charge in [0.2, 0.25) is 11.9 Å². The number of halogens is 2. The smallest absolute Gasteiger partial charge is 0.270 e. The lowest BCUT2D eigenvalue weighted by molar-refractivity contribution is -0.125. The van der Waals surface area contributed by atoms with Crippen molar-refractivity contribution < 1.29 is 9.18 Å². The van der Waals surface area contributed by atoms with Gasteiger partial charge in [-0.3, -0.25) is 14.6 Å². The Morgan fingerprint density at radius 1 is 1.26 bits per heavy atom. The van der Waals surface area contributed by atoms with Crippen LogP contribution in [0.2, 0.25) is 5.02 Å². The minimum atomic E-state index is -0.414. The predicted molar refractivity (Wildman–Crippen MR) is 134 cm³/mol. The summed E-state index contributed by atoms with van der Waals surface area (Å²) in [7, 11) is 0. The minimum absolute atomic E-state index is 0.103. The number of rotatable bonds is 5. The summed E-state index contributed by atoms with van der Waals surface area (Å²) >= 11 is 7.45. The molecule has 1 saturated heterocycles. The zero-order chi connectivity index (χ0) is 23.7. The number of hydrogen-bond acceptors (Lipinski definition) is 5. The Morgan fingerprint density at radius 2 is 2.09 bits per heavy atom. The molecule has 2 N–H and O–H groups in total. The van der Waals surface area contributed by atoms with Crippen molar-refractivity contribution >= 4 is 45.0 Å². The Balaban J connectivity index is 1.34. The highest BCUT2D eigenvalue weighted by molar-refractivity contribution is 7.17. The topological polar surface area (TPSA) is 78.1 Å². The van der Waals surface area contributed by atoms with Crippen LogP contribution < -0.4 is 15.8 Å². The molecule has 34 heavy (non-hydrogen) atoms. The fourth-order valence-corrected chi connectivity index (χ4v) is 5.41. The summed E-state index contributed by atoms with van der Waals surface area (Å²) in [6.45, 7) is 1.37. The van der Waals surface area contributed by atoms with Gasteiger partial charge in [-0.05, 0) is 36.1 Å². The van der Waals surface area contributed by atoms with Crippen LogP contribution in [0.4, 0.5) is 10.3 Å². The first-order chi connectivity index (χ1) is 16.5. The Bertz CT molecular complexity index is 1410. The molecule has 0 spiro atoms. The number of thiophene rings is 1. The van der Waals surface area contributed by atoms with Crippen molar-refractivity contribution in [3.63, 3.8) is 0 Å². The zero-order valence-corrected chi connectivity index (χ0v) is 19.8. The number of hydrogen-bond donors (Lipinski definition) is 2. The predicted octanol–water partition coefficient (Wildman–Crippen LogP) is 4.98. The summed E-state index contributed by atoms with van der Waals surface area (Å²) in [5.74, 6) is -0.297. The standard InChI is InChI=1S/C25H22ClFN4O2S/c26-20-11-18(27)9-8-16(20)12-28-23(32)17-7-4-10-31(13-17)25-29-21-19(15-5-2-1-3-6-15)14-34-22(21)24(33)30-25/h1-3,5-6,8-9,11,14,17H,4,7,10,12-13H2,(H,28,32)(H,29,30,33). The number of amides is 1. The van der Waals surface area contributed by atoms with Gasteiger partial charge >= 0.3 is 0 Å². The third-order valence-corrected chi connectivity index (χ3v) is 7.38. The molecule has 174 valence electrons. The Morgan fingerprint density at radius 3 is 2.88 bits per heavy atom. The van der Waals surface area contributed by atoms with Gasteiger partial charge in [0.25, 0.3) is 5.56 Å². The first kappa shape index (κ1) is 22.6. The van der Waals surface area contributed by atoms with Crippen LogP contribution in [0, 0.1) is 11.7 Å². The fourth-order valence-electron chi connectivity index (χ4n) is 4.26. The number of H-pyrrole nitrogens is 1. The second kappa shape index (κ2) is 9.56. The molecule has 0 aliphatic carbocycles. The number of aromatic nitrogens is 2. The minimum Gasteiger partial charge on any atom is -0.352 e. The van der Waals surface area contributed by atoms with Crippen molar-refractivity contribution in [2.75, 3.05) is 18.0 Å². The van der Waals surface area contributed by atoms with Gasteiger partial charge in [0, 0.05) is 35.6 Å². The van der Waals surface area contributed by atoms with Crippen LogP contribution in [-0.4, -0.2) is 29.0 Å². The molecule has 2 aromatic heterocycles. The maximum atomic E-state index is 13.3. The van der Waals surface area contributed by atoms with Crippen molar-refractivity contribution in [1.82, 2.24) is 15.3 Å². The number of piperidine rings is 1. The van der Waals surface area contributed by atoms with E-state index in [-0.39, 0.29) is 29.0 Å². The van der Waals surface area contributed by atoms with Crippen LogP contribution in [-0.2, 0) is 11.3 Å². The van der Waals surface area contributed by atoms with Crippen LogP contribution in [0.15, 0.2) is 58.7 Å². The maximum Gasteiger partial charge on any atom is 0.270 e. The molecule has 1 atom stereocenters. The summed E-state index contributed by atoms with van der Waals surface area (Å²) in [6.07, 6.45) is 1.53. The molecule has 0 saturated carbocycles. The van der Waals surface area contributed by atoms with Crippen molar-refractivity contribution in [1.29, 1.82) is 0 Å². The number of nitrogens with one attached hydrogen (secondary N) is 2. The quantitative estimate of drug-likeness (QED) is 0.408. The van der Waals surface area contributed by atoms with Crippen LogP contribution >= 0.6 is 22.9 Å². The van der Waals surface area contributed by atoms with E-state index < -0.39 is 5.82 Å². The molecule has 1 fully saturated rings. The number of benzene rings is 2. The van der Waals surface area contributed by atoms with Gasteiger partial charge in [0.05, 0.1) is 11.4 Å².